The first kappa shape index (κ1) is 18.1. The van der Waals surface area contributed by atoms with Gasteiger partial charge in [0.2, 0.25) is 0 Å². The predicted octanol–water partition coefficient (Wildman–Crippen LogP) is 3.33. The normalized spacial score (nSPS) is 12.6. The summed E-state index contributed by atoms with van der Waals surface area (Å²) in [4.78, 5) is 16.1. The van der Waals surface area contributed by atoms with Crippen LogP contribution in [-0.2, 0) is 6.54 Å². The van der Waals surface area contributed by atoms with Crippen molar-refractivity contribution in [2.45, 2.75) is 32.5 Å². The molecule has 3 rings (SSSR count). The summed E-state index contributed by atoms with van der Waals surface area (Å²) in [5.41, 5.74) is 1.56. The highest BCUT2D eigenvalue weighted by molar-refractivity contribution is 5.67. The van der Waals surface area contributed by atoms with Crippen LogP contribution in [0.15, 0.2) is 51.8 Å². The number of nitrogens with zero attached hydrogens (tertiary/aromatic N) is 2. The molecule has 0 bridgehead atoms. The lowest BCUT2D eigenvalue weighted by Gasteiger charge is -2.20. The van der Waals surface area contributed by atoms with Gasteiger partial charge in [0.15, 0.2) is 11.2 Å². The second-order valence-corrected chi connectivity index (χ2v) is 5.68. The van der Waals surface area contributed by atoms with E-state index in [-0.39, 0.29) is 11.8 Å². The molecule has 0 radical (unpaired) electrons. The number of hydrogen-bond acceptors (Lipinski definition) is 5. The summed E-state index contributed by atoms with van der Waals surface area (Å²) in [7, 11) is 0. The van der Waals surface area contributed by atoms with Gasteiger partial charge >= 0.3 is 12.4 Å². The summed E-state index contributed by atoms with van der Waals surface area (Å²) in [5.74, 6) is -0.329. The van der Waals surface area contributed by atoms with Crippen LogP contribution < -0.4 is 15.8 Å². The largest absolute Gasteiger partial charge is 0.434 e. The van der Waals surface area contributed by atoms with Crippen LogP contribution in [-0.4, -0.2) is 22.7 Å². The highest BCUT2D eigenvalue weighted by Gasteiger charge is 2.17. The van der Waals surface area contributed by atoms with E-state index in [4.69, 9.17) is 4.42 Å². The lowest BCUT2D eigenvalue weighted by atomic mass is 10.0. The Morgan fingerprint density at radius 2 is 2.08 bits per heavy atom. The number of alkyl halides is 2. The third kappa shape index (κ3) is 3.91. The Morgan fingerprint density at radius 3 is 2.85 bits per heavy atom. The van der Waals surface area contributed by atoms with Crippen LogP contribution in [0.5, 0.6) is 5.75 Å². The number of pyridine rings is 1. The molecule has 0 fully saturated rings. The number of nitrogens with one attached hydrogen (secondary N) is 1. The lowest BCUT2D eigenvalue weighted by Crippen LogP contribution is -2.28. The first-order valence-electron chi connectivity index (χ1n) is 8.31. The Hall–Kier alpha value is -2.74. The first-order chi connectivity index (χ1) is 12.6. The molecule has 1 atom stereocenters. The van der Waals surface area contributed by atoms with Crippen LogP contribution in [0.4, 0.5) is 8.78 Å². The van der Waals surface area contributed by atoms with Gasteiger partial charge in [0.25, 0.3) is 0 Å². The van der Waals surface area contributed by atoms with Crippen LogP contribution in [0.25, 0.3) is 11.2 Å². The van der Waals surface area contributed by atoms with Crippen LogP contribution in [0.2, 0.25) is 0 Å². The molecule has 26 heavy (non-hydrogen) atoms. The Kier molecular flexibility index (Phi) is 5.62. The van der Waals surface area contributed by atoms with Crippen LogP contribution in [0.3, 0.4) is 0 Å². The maximum absolute atomic E-state index is 12.6. The van der Waals surface area contributed by atoms with Gasteiger partial charge in [0, 0.05) is 30.9 Å². The standard InChI is InChI=1S/C18H19F2N3O3/c1-2-13(12-6-3-4-7-14(12)25-17(19)20)21-10-11-23-16-15(26-18(23)24)8-5-9-22-16/h3-9,13,17,21H,2,10-11H2,1H3. The van der Waals surface area contributed by atoms with Gasteiger partial charge in [-0.25, -0.2) is 9.78 Å². The highest BCUT2D eigenvalue weighted by Crippen LogP contribution is 2.28. The van der Waals surface area contributed by atoms with Gasteiger partial charge in [-0.15, -0.1) is 0 Å². The van der Waals surface area contributed by atoms with E-state index in [2.05, 4.69) is 15.0 Å². The van der Waals surface area contributed by atoms with Crippen molar-refractivity contribution in [3.05, 3.63) is 58.7 Å². The van der Waals surface area contributed by atoms with Gasteiger partial charge in [0.05, 0.1) is 0 Å². The van der Waals surface area contributed by atoms with E-state index in [1.807, 2.05) is 6.92 Å². The smallest absolute Gasteiger partial charge is 0.421 e. The Morgan fingerprint density at radius 1 is 1.27 bits per heavy atom. The monoisotopic (exact) mass is 363 g/mol. The molecule has 0 amide bonds. The Balaban J connectivity index is 1.72. The molecule has 0 aliphatic rings. The average molecular weight is 363 g/mol. The van der Waals surface area contributed by atoms with Gasteiger partial charge < -0.3 is 14.5 Å². The molecule has 0 spiro atoms. The van der Waals surface area contributed by atoms with Crippen LogP contribution in [0, 0.1) is 0 Å². The second-order valence-electron chi connectivity index (χ2n) is 5.68. The Bertz CT molecular complexity index is 923. The molecule has 3 aromatic rings. The molecule has 6 nitrogen and oxygen atoms in total. The molecule has 2 heterocycles. The minimum Gasteiger partial charge on any atom is -0.434 e. The molecule has 138 valence electrons. The third-order valence-electron chi connectivity index (χ3n) is 4.07. The fraction of sp³-hybridized carbons (Fsp3) is 0.333. The van der Waals surface area contributed by atoms with Crippen molar-refractivity contribution >= 4 is 11.2 Å². The summed E-state index contributed by atoms with van der Waals surface area (Å²) >= 11 is 0. The number of hydrogen-bond donors (Lipinski definition) is 1. The number of aromatic nitrogens is 2. The average Bonchev–Trinajstić information content (AvgIpc) is 2.94. The molecule has 1 N–H and O–H groups in total. The first-order valence-corrected chi connectivity index (χ1v) is 8.31. The van der Waals surface area contributed by atoms with Gasteiger partial charge in [0.1, 0.15) is 5.75 Å². The van der Waals surface area contributed by atoms with Crippen molar-refractivity contribution in [2.75, 3.05) is 6.54 Å². The Labute approximate surface area is 148 Å². The fourth-order valence-electron chi connectivity index (χ4n) is 2.89. The summed E-state index contributed by atoms with van der Waals surface area (Å²) in [5, 5.41) is 3.28. The third-order valence-corrected chi connectivity index (χ3v) is 4.07. The summed E-state index contributed by atoms with van der Waals surface area (Å²) in [6.45, 7) is -0.155. The molecule has 8 heteroatoms. The minimum atomic E-state index is -2.88. The maximum atomic E-state index is 12.6. The molecule has 0 aliphatic heterocycles. The zero-order valence-electron chi connectivity index (χ0n) is 14.2. The number of para-hydroxylation sites is 1. The van der Waals surface area contributed by atoms with Crippen LogP contribution in [0.1, 0.15) is 24.9 Å². The SMILES string of the molecule is CCC(NCCn1c(=O)oc2cccnc21)c1ccccc1OC(F)F. The van der Waals surface area contributed by atoms with Crippen molar-refractivity contribution in [3.63, 3.8) is 0 Å². The van der Waals surface area contributed by atoms with Crippen molar-refractivity contribution in [2.24, 2.45) is 0 Å². The number of rotatable bonds is 8. The fourth-order valence-corrected chi connectivity index (χ4v) is 2.89. The molecule has 0 saturated carbocycles. The second kappa shape index (κ2) is 8.09. The highest BCUT2D eigenvalue weighted by atomic mass is 19.3. The van der Waals surface area contributed by atoms with E-state index in [0.717, 1.165) is 0 Å². The number of oxazole rings is 1. The summed E-state index contributed by atoms with van der Waals surface area (Å²) < 4.78 is 36.4. The summed E-state index contributed by atoms with van der Waals surface area (Å²) in [6.07, 6.45) is 2.26. The van der Waals surface area contributed by atoms with Crippen LogP contribution >= 0.6 is 0 Å². The summed E-state index contributed by atoms with van der Waals surface area (Å²) in [6, 6.07) is 9.88. The lowest BCUT2D eigenvalue weighted by molar-refractivity contribution is -0.0507. The maximum Gasteiger partial charge on any atom is 0.421 e. The van der Waals surface area contributed by atoms with E-state index in [9.17, 15) is 13.6 Å². The van der Waals surface area contributed by atoms with Gasteiger partial charge in [-0.1, -0.05) is 25.1 Å². The molecular weight excluding hydrogens is 344 g/mol. The van der Waals surface area contributed by atoms with Gasteiger partial charge in [-0.2, -0.15) is 8.78 Å². The van der Waals surface area contributed by atoms with Gasteiger partial charge in [-0.05, 0) is 24.6 Å². The van der Waals surface area contributed by atoms with E-state index in [1.165, 1.54) is 10.6 Å². The molecule has 0 aliphatic carbocycles. The molecule has 2 aromatic heterocycles. The van der Waals surface area contributed by atoms with Crippen molar-refractivity contribution in [1.29, 1.82) is 0 Å². The molecule has 1 aromatic carbocycles. The quantitative estimate of drug-likeness (QED) is 0.665. The number of fused-ring (bicyclic) bond motifs is 1. The van der Waals surface area contributed by atoms with E-state index in [1.54, 1.807) is 36.5 Å². The van der Waals surface area contributed by atoms with E-state index < -0.39 is 12.4 Å². The number of ether oxygens (including phenoxy) is 1. The van der Waals surface area contributed by atoms with Crippen molar-refractivity contribution < 1.29 is 17.9 Å². The molecule has 1 unspecified atom stereocenters. The molecular formula is C18H19F2N3O3. The predicted molar refractivity (Wildman–Crippen MR) is 92.4 cm³/mol. The zero-order chi connectivity index (χ0) is 18.5. The molecule has 0 saturated heterocycles. The van der Waals surface area contributed by atoms with Gasteiger partial charge in [-0.3, -0.25) is 4.57 Å². The van der Waals surface area contributed by atoms with Crippen molar-refractivity contribution in [1.82, 2.24) is 14.9 Å². The number of benzene rings is 1. The van der Waals surface area contributed by atoms with E-state index in [0.29, 0.717) is 36.3 Å². The zero-order valence-corrected chi connectivity index (χ0v) is 14.2. The van der Waals surface area contributed by atoms with Crippen molar-refractivity contribution in [3.8, 4) is 5.75 Å². The topological polar surface area (TPSA) is 69.3 Å². The number of halogens is 2. The minimum absolute atomic E-state index is 0.148. The van der Waals surface area contributed by atoms with E-state index >= 15 is 0 Å².